The summed E-state index contributed by atoms with van der Waals surface area (Å²) in [5.41, 5.74) is 6.17. The van der Waals surface area contributed by atoms with Crippen molar-refractivity contribution < 1.29 is 19.2 Å². The van der Waals surface area contributed by atoms with E-state index in [1.54, 1.807) is 7.11 Å². The second kappa shape index (κ2) is 17.7. The Balaban J connectivity index is 1.46. The number of benzene rings is 2. The Morgan fingerprint density at radius 2 is 1.39 bits per heavy atom. The number of aliphatic hydroxyl groups is 1. The van der Waals surface area contributed by atoms with E-state index in [-0.39, 0.29) is 17.0 Å². The summed E-state index contributed by atoms with van der Waals surface area (Å²) in [6.45, 7) is 12.8. The van der Waals surface area contributed by atoms with Crippen LogP contribution >= 0.6 is 0 Å². The Morgan fingerprint density at radius 1 is 0.804 bits per heavy atom. The van der Waals surface area contributed by atoms with Gasteiger partial charge in [-0.3, -0.25) is 4.79 Å². The van der Waals surface area contributed by atoms with Gasteiger partial charge in [-0.05, 0) is 57.2 Å². The van der Waals surface area contributed by atoms with Gasteiger partial charge in [0, 0.05) is 56.6 Å². The number of hydrogen-bond acceptors (Lipinski definition) is 4. The summed E-state index contributed by atoms with van der Waals surface area (Å²) < 4.78 is 7.54. The van der Waals surface area contributed by atoms with Crippen LogP contribution in [0.3, 0.4) is 0 Å². The summed E-state index contributed by atoms with van der Waals surface area (Å²) in [5.74, 6) is 0.0495. The van der Waals surface area contributed by atoms with Gasteiger partial charge < -0.3 is 14.7 Å². The van der Waals surface area contributed by atoms with E-state index < -0.39 is 0 Å². The molecular weight excluding hydrogens is 568 g/mol. The van der Waals surface area contributed by atoms with E-state index in [4.69, 9.17) is 4.74 Å². The number of ether oxygens (including phenoxy) is 1. The van der Waals surface area contributed by atoms with Gasteiger partial charge in [0.2, 0.25) is 11.5 Å². The van der Waals surface area contributed by atoms with Crippen molar-refractivity contribution in [2.75, 3.05) is 38.3 Å². The molecule has 0 bridgehead atoms. The Morgan fingerprint density at radius 3 is 1.98 bits per heavy atom. The number of anilines is 1. The minimum Gasteiger partial charge on any atom is -0.506 e. The molecule has 0 fully saturated rings. The van der Waals surface area contributed by atoms with Crippen molar-refractivity contribution in [1.82, 2.24) is 0 Å². The highest BCUT2D eigenvalue weighted by molar-refractivity contribution is 6.40. The van der Waals surface area contributed by atoms with Crippen molar-refractivity contribution in [3.05, 3.63) is 77.1 Å². The summed E-state index contributed by atoms with van der Waals surface area (Å²) >= 11 is 0. The summed E-state index contributed by atoms with van der Waals surface area (Å²) in [4.78, 5) is 16.0. The first-order chi connectivity index (χ1) is 22.3. The SMILES string of the molecule is CCCCN(CCCC)c1ccc(C2=C(O)C(=CC3=[N+](CCCCCCCCCCCOC)c4ccccc4C3(C)C)C2=O)cc1. The van der Waals surface area contributed by atoms with Crippen molar-refractivity contribution in [3.8, 4) is 0 Å². The number of hydrogen-bond donors (Lipinski definition) is 1. The summed E-state index contributed by atoms with van der Waals surface area (Å²) in [6.07, 6.45) is 17.8. The van der Waals surface area contributed by atoms with Gasteiger partial charge in [-0.15, -0.1) is 0 Å². The maximum atomic E-state index is 13.6. The predicted molar refractivity (Wildman–Crippen MR) is 194 cm³/mol. The van der Waals surface area contributed by atoms with Crippen LogP contribution in [0.4, 0.5) is 11.4 Å². The molecular formula is C41H59N2O3+. The van der Waals surface area contributed by atoms with E-state index in [0.29, 0.717) is 11.1 Å². The maximum Gasteiger partial charge on any atom is 0.209 e. The second-order valence-electron chi connectivity index (χ2n) is 13.7. The number of aliphatic hydroxyl groups excluding tert-OH is 1. The monoisotopic (exact) mass is 627 g/mol. The number of methoxy groups -OCH3 is 1. The highest BCUT2D eigenvalue weighted by atomic mass is 16.5. The van der Waals surface area contributed by atoms with E-state index in [9.17, 15) is 9.90 Å². The zero-order valence-electron chi connectivity index (χ0n) is 29.4. The van der Waals surface area contributed by atoms with Gasteiger partial charge >= 0.3 is 0 Å². The first kappa shape index (κ1) is 35.7. The predicted octanol–water partition coefficient (Wildman–Crippen LogP) is 10.1. The summed E-state index contributed by atoms with van der Waals surface area (Å²) in [5, 5.41) is 11.3. The number of para-hydroxylation sites is 1. The van der Waals surface area contributed by atoms with Gasteiger partial charge in [-0.25, -0.2) is 0 Å². The van der Waals surface area contributed by atoms with Crippen LogP contribution in [0, 0.1) is 0 Å². The Kier molecular flexibility index (Phi) is 13.7. The van der Waals surface area contributed by atoms with Crippen LogP contribution in [0.25, 0.3) is 5.57 Å². The fraction of sp³-hybridized carbons (Fsp3) is 0.561. The van der Waals surface area contributed by atoms with E-state index in [1.807, 2.05) is 18.2 Å². The van der Waals surface area contributed by atoms with Crippen molar-refractivity contribution in [1.29, 1.82) is 0 Å². The summed E-state index contributed by atoms with van der Waals surface area (Å²) in [6, 6.07) is 16.8. The zero-order chi connectivity index (χ0) is 32.9. The van der Waals surface area contributed by atoms with Gasteiger partial charge in [0.1, 0.15) is 12.3 Å². The number of carbonyl (C=O) groups is 1. The third-order valence-corrected chi connectivity index (χ3v) is 9.86. The third kappa shape index (κ3) is 8.59. The molecule has 1 aliphatic heterocycles. The molecule has 4 rings (SSSR count). The van der Waals surface area contributed by atoms with Gasteiger partial charge in [0.25, 0.3) is 0 Å². The molecule has 0 radical (unpaired) electrons. The number of nitrogens with zero attached hydrogens (tertiary/aromatic N) is 2. The number of carbonyl (C=O) groups excluding carboxylic acids is 1. The van der Waals surface area contributed by atoms with Crippen LogP contribution < -0.4 is 4.90 Å². The van der Waals surface area contributed by atoms with Crippen molar-refractivity contribution >= 4 is 28.4 Å². The molecule has 5 heteroatoms. The van der Waals surface area contributed by atoms with E-state index in [2.05, 4.69) is 73.6 Å². The molecule has 1 heterocycles. The fourth-order valence-corrected chi connectivity index (χ4v) is 6.96. The van der Waals surface area contributed by atoms with E-state index >= 15 is 0 Å². The molecule has 0 spiro atoms. The number of ketones is 1. The molecule has 46 heavy (non-hydrogen) atoms. The van der Waals surface area contributed by atoms with Crippen LogP contribution in [-0.4, -0.2) is 54.5 Å². The lowest BCUT2D eigenvalue weighted by atomic mass is 9.77. The summed E-state index contributed by atoms with van der Waals surface area (Å²) in [7, 11) is 1.78. The number of rotatable bonds is 21. The van der Waals surface area contributed by atoms with Gasteiger partial charge in [0.15, 0.2) is 5.71 Å². The van der Waals surface area contributed by atoms with Gasteiger partial charge in [0.05, 0.1) is 16.6 Å². The molecule has 250 valence electrons. The minimum absolute atomic E-state index is 0.0690. The second-order valence-corrected chi connectivity index (χ2v) is 13.7. The number of unbranched alkanes of at least 4 members (excludes halogenated alkanes) is 10. The molecule has 2 aromatic rings. The van der Waals surface area contributed by atoms with Gasteiger partial charge in [-0.2, -0.15) is 4.58 Å². The van der Waals surface area contributed by atoms with Crippen LogP contribution in [-0.2, 0) is 14.9 Å². The average molecular weight is 628 g/mol. The minimum atomic E-state index is -0.259. The third-order valence-electron chi connectivity index (χ3n) is 9.86. The number of allylic oxidation sites excluding steroid dienone is 3. The largest absolute Gasteiger partial charge is 0.506 e. The first-order valence-corrected chi connectivity index (χ1v) is 18.1. The highest BCUT2D eigenvalue weighted by Crippen LogP contribution is 2.43. The van der Waals surface area contributed by atoms with Crippen LogP contribution in [0.2, 0.25) is 0 Å². The topological polar surface area (TPSA) is 52.8 Å². The lowest BCUT2D eigenvalue weighted by Crippen LogP contribution is -2.31. The molecule has 0 atom stereocenters. The smallest absolute Gasteiger partial charge is 0.209 e. The van der Waals surface area contributed by atoms with Crippen molar-refractivity contribution in [2.24, 2.45) is 0 Å². The average Bonchev–Trinajstić information content (AvgIpc) is 3.28. The van der Waals surface area contributed by atoms with Crippen LogP contribution in [0.1, 0.15) is 122 Å². The normalized spacial score (nSPS) is 16.4. The number of fused-ring (bicyclic) bond motifs is 1. The molecule has 0 amide bonds. The van der Waals surface area contributed by atoms with E-state index in [0.717, 1.165) is 56.8 Å². The van der Waals surface area contributed by atoms with Crippen molar-refractivity contribution in [2.45, 2.75) is 117 Å². The maximum absolute atomic E-state index is 13.6. The molecule has 1 aliphatic carbocycles. The van der Waals surface area contributed by atoms with E-state index in [1.165, 1.54) is 81.1 Å². The Hall–Kier alpha value is -3.18. The van der Waals surface area contributed by atoms with Crippen LogP contribution in [0.15, 0.2) is 65.9 Å². The highest BCUT2D eigenvalue weighted by Gasteiger charge is 2.46. The lowest BCUT2D eigenvalue weighted by Gasteiger charge is -2.26. The Bertz CT molecular complexity index is 1370. The molecule has 2 aliphatic rings. The first-order valence-electron chi connectivity index (χ1n) is 18.1. The fourth-order valence-electron chi connectivity index (χ4n) is 6.96. The molecule has 0 saturated heterocycles. The molecule has 2 aromatic carbocycles. The Labute approximate surface area is 279 Å². The standard InChI is InChI=1S/C41H58N2O3/c1-6-8-27-42(28-9-7-2)33-25-23-32(24-26-33)38-39(44)34(40(38)45)31-37-41(3,4)35-21-17-18-22-36(35)43(37)29-19-15-13-11-10-12-14-16-20-30-46-5/h17-18,21-26,31H,6-16,19-20,27-30H2,1-5H3/p+1. The number of Topliss-reactive ketones (excluding diaryl/α,β-unsaturated/α-hetero) is 1. The molecule has 1 N–H and O–H groups in total. The molecule has 5 nitrogen and oxygen atoms in total. The lowest BCUT2D eigenvalue weighted by molar-refractivity contribution is -0.438. The van der Waals surface area contributed by atoms with Crippen LogP contribution in [0.5, 0.6) is 0 Å². The quantitative estimate of drug-likeness (QED) is 0.0850. The van der Waals surface area contributed by atoms with Gasteiger partial charge in [-0.1, -0.05) is 95.5 Å². The molecule has 0 aromatic heterocycles. The molecule has 0 unspecified atom stereocenters. The molecule has 0 saturated carbocycles. The zero-order valence-corrected chi connectivity index (χ0v) is 29.4. The van der Waals surface area contributed by atoms with Crippen molar-refractivity contribution in [3.63, 3.8) is 0 Å².